The van der Waals surface area contributed by atoms with E-state index in [1.54, 1.807) is 36.7 Å². The van der Waals surface area contributed by atoms with Gasteiger partial charge in [0.2, 0.25) is 11.8 Å². The molecule has 0 spiro atoms. The Labute approximate surface area is 164 Å². The first-order valence-corrected chi connectivity index (χ1v) is 9.43. The summed E-state index contributed by atoms with van der Waals surface area (Å²) in [5.74, 6) is 0.00361. The zero-order valence-corrected chi connectivity index (χ0v) is 15.8. The van der Waals surface area contributed by atoms with Crippen LogP contribution in [0.1, 0.15) is 35.2 Å². The zero-order valence-electron chi connectivity index (χ0n) is 15.8. The lowest BCUT2D eigenvalue weighted by molar-refractivity contribution is -0.134. The third kappa shape index (κ3) is 5.79. The van der Waals surface area contributed by atoms with E-state index in [0.717, 1.165) is 25.0 Å². The fourth-order valence-corrected chi connectivity index (χ4v) is 3.15. The molecule has 1 aromatic carbocycles. The predicted octanol–water partition coefficient (Wildman–Crippen LogP) is 2.16. The summed E-state index contributed by atoms with van der Waals surface area (Å²) in [5.41, 5.74) is 6.68. The smallest absolute Gasteiger partial charge is 0.248 e. The topological polar surface area (TPSA) is 94.8 Å². The van der Waals surface area contributed by atoms with E-state index in [4.69, 9.17) is 15.2 Å². The second kappa shape index (κ2) is 9.85. The molecule has 3 rings (SSSR count). The van der Waals surface area contributed by atoms with Crippen LogP contribution in [0.25, 0.3) is 0 Å². The van der Waals surface area contributed by atoms with Gasteiger partial charge < -0.3 is 20.1 Å². The summed E-state index contributed by atoms with van der Waals surface area (Å²) in [7, 11) is 0. The molecule has 1 aromatic heterocycles. The molecule has 2 amide bonds. The van der Waals surface area contributed by atoms with Crippen LogP contribution in [-0.2, 0) is 16.1 Å². The van der Waals surface area contributed by atoms with Crippen molar-refractivity contribution >= 4 is 11.8 Å². The van der Waals surface area contributed by atoms with Crippen LogP contribution < -0.4 is 10.5 Å². The maximum atomic E-state index is 12.8. The Kier molecular flexibility index (Phi) is 6.97. The number of rotatable bonds is 9. The van der Waals surface area contributed by atoms with Gasteiger partial charge >= 0.3 is 0 Å². The van der Waals surface area contributed by atoms with Crippen molar-refractivity contribution in [1.82, 2.24) is 9.88 Å². The van der Waals surface area contributed by atoms with Crippen molar-refractivity contribution in [2.45, 2.75) is 31.9 Å². The second-order valence-electron chi connectivity index (χ2n) is 6.76. The molecule has 7 heteroatoms. The molecule has 0 bridgehead atoms. The summed E-state index contributed by atoms with van der Waals surface area (Å²) in [6, 6.07) is 10.4. The van der Waals surface area contributed by atoms with Crippen LogP contribution in [0, 0.1) is 0 Å². The fraction of sp³-hybridized carbons (Fsp3) is 0.381. The lowest BCUT2D eigenvalue weighted by Crippen LogP contribution is -2.37. The Bertz CT molecular complexity index is 791. The molecule has 1 unspecified atom stereocenters. The maximum Gasteiger partial charge on any atom is 0.248 e. The molecule has 1 fully saturated rings. The number of ether oxygens (including phenoxy) is 2. The summed E-state index contributed by atoms with van der Waals surface area (Å²) >= 11 is 0. The summed E-state index contributed by atoms with van der Waals surface area (Å²) in [4.78, 5) is 29.9. The number of amides is 2. The number of primary amides is 1. The number of pyridine rings is 1. The highest BCUT2D eigenvalue weighted by atomic mass is 16.5. The largest absolute Gasteiger partial charge is 0.493 e. The SMILES string of the molecule is NC(=O)c1cccc(OCCC(=O)N(Cc2ccncc2)CC2CCCO2)c1. The van der Waals surface area contributed by atoms with Crippen molar-refractivity contribution in [3.8, 4) is 5.75 Å². The van der Waals surface area contributed by atoms with Gasteiger partial charge in [-0.05, 0) is 48.7 Å². The van der Waals surface area contributed by atoms with Gasteiger partial charge in [0.05, 0.1) is 19.1 Å². The van der Waals surface area contributed by atoms with E-state index in [9.17, 15) is 9.59 Å². The Morgan fingerprint density at radius 1 is 1.25 bits per heavy atom. The lowest BCUT2D eigenvalue weighted by atomic mass is 10.2. The quantitative estimate of drug-likeness (QED) is 0.716. The maximum absolute atomic E-state index is 12.8. The number of hydrogen-bond acceptors (Lipinski definition) is 5. The predicted molar refractivity (Wildman–Crippen MR) is 104 cm³/mol. The van der Waals surface area contributed by atoms with Gasteiger partial charge in [0, 0.05) is 37.7 Å². The van der Waals surface area contributed by atoms with Crippen LogP contribution in [0.3, 0.4) is 0 Å². The third-order valence-electron chi connectivity index (χ3n) is 4.63. The molecule has 1 aliphatic heterocycles. The van der Waals surface area contributed by atoms with Crippen LogP contribution in [0.15, 0.2) is 48.8 Å². The van der Waals surface area contributed by atoms with Crippen LogP contribution >= 0.6 is 0 Å². The molecule has 2 N–H and O–H groups in total. The Balaban J connectivity index is 1.57. The van der Waals surface area contributed by atoms with Gasteiger partial charge in [0.15, 0.2) is 0 Å². The van der Waals surface area contributed by atoms with Crippen molar-refractivity contribution in [1.29, 1.82) is 0 Å². The molecule has 0 saturated carbocycles. The fourth-order valence-electron chi connectivity index (χ4n) is 3.15. The minimum absolute atomic E-state index is 0.00151. The standard InChI is InChI=1S/C21H25N3O4/c22-21(26)17-3-1-4-18(13-17)28-12-8-20(25)24(15-19-5-2-11-27-19)14-16-6-9-23-10-7-16/h1,3-4,6-7,9-10,13,19H,2,5,8,11-12,14-15H2,(H2,22,26). The molecule has 148 valence electrons. The lowest BCUT2D eigenvalue weighted by Gasteiger charge is -2.25. The molecule has 0 aliphatic carbocycles. The first-order chi connectivity index (χ1) is 13.6. The van der Waals surface area contributed by atoms with Crippen LogP contribution in [-0.4, -0.2) is 47.6 Å². The highest BCUT2D eigenvalue weighted by Gasteiger charge is 2.22. The normalized spacial score (nSPS) is 15.9. The number of hydrogen-bond donors (Lipinski definition) is 1. The van der Waals surface area contributed by atoms with E-state index < -0.39 is 5.91 Å². The van der Waals surface area contributed by atoms with E-state index >= 15 is 0 Å². The highest BCUT2D eigenvalue weighted by molar-refractivity contribution is 5.93. The van der Waals surface area contributed by atoms with E-state index in [1.165, 1.54) is 0 Å². The monoisotopic (exact) mass is 383 g/mol. The average Bonchev–Trinajstić information content (AvgIpc) is 3.21. The van der Waals surface area contributed by atoms with E-state index in [1.807, 2.05) is 17.0 Å². The molecule has 2 heterocycles. The van der Waals surface area contributed by atoms with Crippen LogP contribution in [0.2, 0.25) is 0 Å². The third-order valence-corrected chi connectivity index (χ3v) is 4.63. The molecule has 28 heavy (non-hydrogen) atoms. The molecular formula is C21H25N3O4. The van der Waals surface area contributed by atoms with Crippen molar-refractivity contribution in [3.63, 3.8) is 0 Å². The number of nitrogens with two attached hydrogens (primary N) is 1. The van der Waals surface area contributed by atoms with Crippen molar-refractivity contribution in [2.75, 3.05) is 19.8 Å². The van der Waals surface area contributed by atoms with Gasteiger partial charge in [-0.2, -0.15) is 0 Å². The van der Waals surface area contributed by atoms with E-state index in [-0.39, 0.29) is 25.0 Å². The van der Waals surface area contributed by atoms with Crippen LogP contribution in [0.5, 0.6) is 5.75 Å². The van der Waals surface area contributed by atoms with Gasteiger partial charge in [-0.15, -0.1) is 0 Å². The summed E-state index contributed by atoms with van der Waals surface area (Å²) < 4.78 is 11.3. The summed E-state index contributed by atoms with van der Waals surface area (Å²) in [6.07, 6.45) is 5.76. The van der Waals surface area contributed by atoms with Crippen LogP contribution in [0.4, 0.5) is 0 Å². The molecular weight excluding hydrogens is 358 g/mol. The number of nitrogens with zero attached hydrogens (tertiary/aromatic N) is 2. The summed E-state index contributed by atoms with van der Waals surface area (Å²) in [6.45, 7) is 2.05. The summed E-state index contributed by atoms with van der Waals surface area (Å²) in [5, 5.41) is 0. The van der Waals surface area contributed by atoms with Gasteiger partial charge in [0.1, 0.15) is 5.75 Å². The molecule has 1 aliphatic rings. The first-order valence-electron chi connectivity index (χ1n) is 9.43. The second-order valence-corrected chi connectivity index (χ2v) is 6.76. The Morgan fingerprint density at radius 3 is 2.79 bits per heavy atom. The van der Waals surface area contributed by atoms with Gasteiger partial charge in [-0.25, -0.2) is 0 Å². The van der Waals surface area contributed by atoms with Crippen molar-refractivity contribution < 1.29 is 19.1 Å². The molecule has 0 radical (unpaired) electrons. The number of benzene rings is 1. The molecule has 7 nitrogen and oxygen atoms in total. The Morgan fingerprint density at radius 2 is 2.07 bits per heavy atom. The van der Waals surface area contributed by atoms with Gasteiger partial charge in [0.25, 0.3) is 0 Å². The minimum Gasteiger partial charge on any atom is -0.493 e. The van der Waals surface area contributed by atoms with Gasteiger partial charge in [-0.3, -0.25) is 14.6 Å². The molecule has 2 aromatic rings. The minimum atomic E-state index is -0.512. The Hall–Kier alpha value is -2.93. The zero-order chi connectivity index (χ0) is 19.8. The number of carbonyl (C=O) groups is 2. The highest BCUT2D eigenvalue weighted by Crippen LogP contribution is 2.17. The first kappa shape index (κ1) is 19.8. The van der Waals surface area contributed by atoms with E-state index in [0.29, 0.717) is 24.4 Å². The molecule has 1 saturated heterocycles. The molecule has 1 atom stereocenters. The average molecular weight is 383 g/mol. The van der Waals surface area contributed by atoms with Gasteiger partial charge in [-0.1, -0.05) is 6.07 Å². The number of aromatic nitrogens is 1. The van der Waals surface area contributed by atoms with Crippen molar-refractivity contribution in [2.24, 2.45) is 5.73 Å². The van der Waals surface area contributed by atoms with E-state index in [2.05, 4.69) is 4.98 Å². The number of carbonyl (C=O) groups excluding carboxylic acids is 2. The van der Waals surface area contributed by atoms with Crippen molar-refractivity contribution in [3.05, 3.63) is 59.9 Å².